The summed E-state index contributed by atoms with van der Waals surface area (Å²) in [5, 5.41) is 9.64. The molecule has 5 heteroatoms. The Balaban J connectivity index is 1.95. The maximum absolute atomic E-state index is 11.9. The number of para-hydroxylation sites is 1. The van der Waals surface area contributed by atoms with Gasteiger partial charge in [-0.05, 0) is 36.8 Å². The molecule has 1 aromatic carbocycles. The molecular formula is C20H32N4O. The molecule has 5 nitrogen and oxygen atoms in total. The first-order chi connectivity index (χ1) is 11.9. The third kappa shape index (κ3) is 6.40. The zero-order chi connectivity index (χ0) is 18.3. The van der Waals surface area contributed by atoms with Gasteiger partial charge in [0.05, 0.1) is 6.54 Å². The van der Waals surface area contributed by atoms with Gasteiger partial charge in [-0.2, -0.15) is 0 Å². The van der Waals surface area contributed by atoms with Crippen LogP contribution in [-0.2, 0) is 4.79 Å². The van der Waals surface area contributed by atoms with E-state index >= 15 is 0 Å². The molecule has 0 aromatic heterocycles. The number of carbonyl (C=O) groups is 1. The Hall–Kier alpha value is -2.04. The summed E-state index contributed by atoms with van der Waals surface area (Å²) in [6.45, 7) is 11.2. The quantitative estimate of drug-likeness (QED) is 0.420. The van der Waals surface area contributed by atoms with Gasteiger partial charge < -0.3 is 16.0 Å². The van der Waals surface area contributed by atoms with E-state index in [4.69, 9.17) is 4.99 Å². The van der Waals surface area contributed by atoms with E-state index in [1.54, 1.807) is 0 Å². The maximum atomic E-state index is 11.9. The van der Waals surface area contributed by atoms with E-state index in [-0.39, 0.29) is 11.8 Å². The molecule has 25 heavy (non-hydrogen) atoms. The van der Waals surface area contributed by atoms with Gasteiger partial charge in [0.1, 0.15) is 0 Å². The molecule has 1 aromatic rings. The molecule has 0 saturated carbocycles. The highest BCUT2D eigenvalue weighted by molar-refractivity contribution is 5.94. The molecule has 0 spiro atoms. The number of hydrogen-bond donors (Lipinski definition) is 3. The summed E-state index contributed by atoms with van der Waals surface area (Å²) in [5.41, 5.74) is 2.45. The van der Waals surface area contributed by atoms with Gasteiger partial charge in [-0.25, -0.2) is 0 Å². The molecule has 0 bridgehead atoms. The standard InChI is InChI=1S/C20H32N4O/c1-5-21-19(22-12-8-11-20(2,3)4)23-14-15-13-18(25)24-17-10-7-6-9-16(15)17/h6-7,9-10,15H,5,8,11-14H2,1-4H3,(H,24,25)(H2,21,22,23). The Morgan fingerprint density at radius 2 is 2.04 bits per heavy atom. The molecule has 138 valence electrons. The Labute approximate surface area is 151 Å². The monoisotopic (exact) mass is 344 g/mol. The smallest absolute Gasteiger partial charge is 0.225 e. The SMILES string of the molecule is CCNC(=NCC1CC(=O)Nc2ccccc21)NCCCC(C)(C)C. The Morgan fingerprint density at radius 3 is 2.76 bits per heavy atom. The van der Waals surface area contributed by atoms with E-state index in [1.165, 1.54) is 12.0 Å². The van der Waals surface area contributed by atoms with Crippen molar-refractivity contribution in [2.24, 2.45) is 10.4 Å². The maximum Gasteiger partial charge on any atom is 0.225 e. The van der Waals surface area contributed by atoms with Crippen LogP contribution in [0.3, 0.4) is 0 Å². The summed E-state index contributed by atoms with van der Waals surface area (Å²) in [5.74, 6) is 1.04. The number of aliphatic imine (C=N–C) groups is 1. The minimum Gasteiger partial charge on any atom is -0.357 e. The highest BCUT2D eigenvalue weighted by Gasteiger charge is 2.24. The molecule has 1 unspecified atom stereocenters. The highest BCUT2D eigenvalue weighted by Crippen LogP contribution is 2.31. The van der Waals surface area contributed by atoms with Crippen molar-refractivity contribution in [2.45, 2.75) is 52.9 Å². The van der Waals surface area contributed by atoms with Crippen LogP contribution in [0.2, 0.25) is 0 Å². The van der Waals surface area contributed by atoms with Crippen LogP contribution in [0.1, 0.15) is 58.4 Å². The van der Waals surface area contributed by atoms with Gasteiger partial charge in [0.2, 0.25) is 5.91 Å². The number of benzene rings is 1. The lowest BCUT2D eigenvalue weighted by Gasteiger charge is -2.24. The largest absolute Gasteiger partial charge is 0.357 e. The van der Waals surface area contributed by atoms with Crippen molar-refractivity contribution >= 4 is 17.6 Å². The zero-order valence-corrected chi connectivity index (χ0v) is 16.0. The predicted octanol–water partition coefficient (Wildman–Crippen LogP) is 3.49. The van der Waals surface area contributed by atoms with Crippen molar-refractivity contribution in [3.8, 4) is 0 Å². The summed E-state index contributed by atoms with van der Waals surface area (Å²) in [4.78, 5) is 16.6. The van der Waals surface area contributed by atoms with Crippen LogP contribution in [0.4, 0.5) is 5.69 Å². The fourth-order valence-electron chi connectivity index (χ4n) is 3.03. The van der Waals surface area contributed by atoms with Crippen LogP contribution in [0.5, 0.6) is 0 Å². The Bertz CT molecular complexity index is 604. The normalized spacial score (nSPS) is 17.7. The van der Waals surface area contributed by atoms with Gasteiger partial charge >= 0.3 is 0 Å². The number of anilines is 1. The van der Waals surface area contributed by atoms with Crippen LogP contribution in [0, 0.1) is 5.41 Å². The molecule has 1 aliphatic heterocycles. The molecule has 1 heterocycles. The van der Waals surface area contributed by atoms with Crippen molar-refractivity contribution in [1.82, 2.24) is 10.6 Å². The lowest BCUT2D eigenvalue weighted by molar-refractivity contribution is -0.116. The predicted molar refractivity (Wildman–Crippen MR) is 105 cm³/mol. The molecule has 0 fully saturated rings. The summed E-state index contributed by atoms with van der Waals surface area (Å²) in [6.07, 6.45) is 2.78. The van der Waals surface area contributed by atoms with Crippen LogP contribution < -0.4 is 16.0 Å². The minimum absolute atomic E-state index is 0.0713. The first-order valence-electron chi connectivity index (χ1n) is 9.30. The van der Waals surface area contributed by atoms with Gasteiger partial charge in [0, 0.05) is 31.1 Å². The Morgan fingerprint density at radius 1 is 1.28 bits per heavy atom. The summed E-state index contributed by atoms with van der Waals surface area (Å²) >= 11 is 0. The highest BCUT2D eigenvalue weighted by atomic mass is 16.1. The molecular weight excluding hydrogens is 312 g/mol. The second-order valence-electron chi connectivity index (χ2n) is 7.85. The molecule has 1 amide bonds. The topological polar surface area (TPSA) is 65.5 Å². The van der Waals surface area contributed by atoms with E-state index in [2.05, 4.69) is 49.7 Å². The second-order valence-corrected chi connectivity index (χ2v) is 7.85. The third-order valence-electron chi connectivity index (χ3n) is 4.32. The fourth-order valence-corrected chi connectivity index (χ4v) is 3.03. The van der Waals surface area contributed by atoms with E-state index < -0.39 is 0 Å². The van der Waals surface area contributed by atoms with E-state index in [9.17, 15) is 4.79 Å². The average molecular weight is 345 g/mol. The van der Waals surface area contributed by atoms with Crippen molar-refractivity contribution in [1.29, 1.82) is 0 Å². The number of amides is 1. The lowest BCUT2D eigenvalue weighted by Crippen LogP contribution is -2.38. The van der Waals surface area contributed by atoms with Crippen LogP contribution >= 0.6 is 0 Å². The number of guanidine groups is 1. The van der Waals surface area contributed by atoms with Crippen LogP contribution in [0.15, 0.2) is 29.3 Å². The summed E-state index contributed by atoms with van der Waals surface area (Å²) in [6, 6.07) is 8.01. The average Bonchev–Trinajstić information content (AvgIpc) is 2.55. The van der Waals surface area contributed by atoms with Crippen LogP contribution in [-0.4, -0.2) is 31.5 Å². The number of hydrogen-bond acceptors (Lipinski definition) is 2. The first kappa shape index (κ1) is 19.3. The molecule has 0 aliphatic carbocycles. The second kappa shape index (κ2) is 8.88. The summed E-state index contributed by atoms with van der Waals surface area (Å²) in [7, 11) is 0. The van der Waals surface area contributed by atoms with Crippen molar-refractivity contribution in [3.05, 3.63) is 29.8 Å². The summed E-state index contributed by atoms with van der Waals surface area (Å²) < 4.78 is 0. The van der Waals surface area contributed by atoms with Gasteiger partial charge in [-0.15, -0.1) is 0 Å². The number of nitrogens with zero attached hydrogens (tertiary/aromatic N) is 1. The number of fused-ring (bicyclic) bond motifs is 1. The van der Waals surface area contributed by atoms with Crippen molar-refractivity contribution in [3.63, 3.8) is 0 Å². The Kier molecular flexibility index (Phi) is 6.85. The minimum atomic E-state index is 0.0713. The lowest BCUT2D eigenvalue weighted by atomic mass is 9.90. The van der Waals surface area contributed by atoms with Crippen LogP contribution in [0.25, 0.3) is 0 Å². The first-order valence-corrected chi connectivity index (χ1v) is 9.30. The molecule has 0 saturated heterocycles. The number of nitrogens with one attached hydrogen (secondary N) is 3. The third-order valence-corrected chi connectivity index (χ3v) is 4.32. The van der Waals surface area contributed by atoms with Crippen molar-refractivity contribution in [2.75, 3.05) is 25.0 Å². The van der Waals surface area contributed by atoms with E-state index in [0.29, 0.717) is 18.4 Å². The molecule has 1 aliphatic rings. The van der Waals surface area contributed by atoms with Gasteiger partial charge in [-0.3, -0.25) is 9.79 Å². The molecule has 1 atom stereocenters. The molecule has 3 N–H and O–H groups in total. The van der Waals surface area contributed by atoms with Gasteiger partial charge in [0.15, 0.2) is 5.96 Å². The fraction of sp³-hybridized carbons (Fsp3) is 0.600. The molecule has 2 rings (SSSR count). The zero-order valence-electron chi connectivity index (χ0n) is 16.0. The van der Waals surface area contributed by atoms with E-state index in [0.717, 1.165) is 31.2 Å². The van der Waals surface area contributed by atoms with Crippen molar-refractivity contribution < 1.29 is 4.79 Å². The number of rotatable bonds is 6. The van der Waals surface area contributed by atoms with Gasteiger partial charge in [0.25, 0.3) is 0 Å². The van der Waals surface area contributed by atoms with E-state index in [1.807, 2.05) is 18.2 Å². The molecule has 0 radical (unpaired) electrons. The number of carbonyl (C=O) groups excluding carboxylic acids is 1. The van der Waals surface area contributed by atoms with Gasteiger partial charge in [-0.1, -0.05) is 39.0 Å².